The van der Waals surface area contributed by atoms with Crippen molar-refractivity contribution < 1.29 is 15.0 Å². The van der Waals surface area contributed by atoms with Crippen molar-refractivity contribution in [2.75, 3.05) is 0 Å². The Hall–Kier alpha value is -1.51. The van der Waals surface area contributed by atoms with Crippen LogP contribution in [0.1, 0.15) is 43.7 Å². The number of carbonyl (C=O) groups is 1. The Labute approximate surface area is 95.7 Å². The molecule has 0 aliphatic rings. The van der Waals surface area contributed by atoms with Crippen LogP contribution in [0.4, 0.5) is 0 Å². The molecule has 0 saturated heterocycles. The van der Waals surface area contributed by atoms with E-state index < -0.39 is 11.9 Å². The third-order valence-electron chi connectivity index (χ3n) is 2.77. The summed E-state index contributed by atoms with van der Waals surface area (Å²) in [5, 5.41) is 18.5. The zero-order valence-corrected chi connectivity index (χ0v) is 9.73. The van der Waals surface area contributed by atoms with E-state index in [1.54, 1.807) is 25.1 Å². The van der Waals surface area contributed by atoms with Gasteiger partial charge in [0.15, 0.2) is 0 Å². The summed E-state index contributed by atoms with van der Waals surface area (Å²) in [4.78, 5) is 10.8. The minimum absolute atomic E-state index is 0.259. The van der Waals surface area contributed by atoms with E-state index in [-0.39, 0.29) is 5.75 Å². The summed E-state index contributed by atoms with van der Waals surface area (Å²) in [5.41, 5.74) is 1.59. The fourth-order valence-corrected chi connectivity index (χ4v) is 1.58. The number of carboxylic acids is 1. The van der Waals surface area contributed by atoms with Gasteiger partial charge < -0.3 is 10.2 Å². The molecule has 1 aromatic carbocycles. The lowest BCUT2D eigenvalue weighted by atomic mass is 9.97. The molecular formula is C13H18O3. The lowest BCUT2D eigenvalue weighted by Crippen LogP contribution is -2.07. The molecule has 0 saturated carbocycles. The summed E-state index contributed by atoms with van der Waals surface area (Å²) in [6.45, 7) is 3.74. The van der Waals surface area contributed by atoms with E-state index in [4.69, 9.17) is 5.11 Å². The Bertz CT molecular complexity index is 371. The molecule has 0 aromatic heterocycles. The number of aryl methyl sites for hydroxylation is 1. The predicted molar refractivity (Wildman–Crippen MR) is 62.8 cm³/mol. The average Bonchev–Trinajstić information content (AvgIpc) is 2.27. The van der Waals surface area contributed by atoms with Crippen molar-refractivity contribution in [3.63, 3.8) is 0 Å². The number of aromatic hydroxyl groups is 1. The van der Waals surface area contributed by atoms with Crippen molar-refractivity contribution in [2.45, 2.75) is 39.0 Å². The Morgan fingerprint density at radius 1 is 1.44 bits per heavy atom. The van der Waals surface area contributed by atoms with Gasteiger partial charge in [0, 0.05) is 0 Å². The molecule has 0 radical (unpaired) electrons. The van der Waals surface area contributed by atoms with Gasteiger partial charge >= 0.3 is 5.97 Å². The Balaban J connectivity index is 2.92. The first-order chi connectivity index (χ1) is 7.56. The molecule has 0 amide bonds. The van der Waals surface area contributed by atoms with Gasteiger partial charge in [0.05, 0.1) is 5.92 Å². The van der Waals surface area contributed by atoms with Crippen molar-refractivity contribution >= 4 is 5.97 Å². The van der Waals surface area contributed by atoms with Gasteiger partial charge in [-0.3, -0.25) is 4.79 Å². The van der Waals surface area contributed by atoms with Crippen molar-refractivity contribution in [3.8, 4) is 5.75 Å². The molecule has 0 aliphatic heterocycles. The van der Waals surface area contributed by atoms with Gasteiger partial charge in [0.25, 0.3) is 0 Å². The molecule has 88 valence electrons. The number of carboxylic acid groups (broad SMARTS) is 1. The van der Waals surface area contributed by atoms with Crippen molar-refractivity contribution in [2.24, 2.45) is 0 Å². The molecule has 1 rings (SSSR count). The predicted octanol–water partition coefficient (Wildman–Crippen LogP) is 2.92. The van der Waals surface area contributed by atoms with Crippen molar-refractivity contribution in [1.29, 1.82) is 0 Å². The summed E-state index contributed by atoms with van der Waals surface area (Å²) in [5.74, 6) is -1.11. The second-order valence-corrected chi connectivity index (χ2v) is 4.05. The average molecular weight is 222 g/mol. The first kappa shape index (κ1) is 12.6. The fraction of sp³-hybridized carbons (Fsp3) is 0.462. The lowest BCUT2D eigenvalue weighted by Gasteiger charge is -2.10. The monoisotopic (exact) mass is 222 g/mol. The number of unbranched alkanes of at least 4 members (excludes halogenated alkanes) is 1. The Morgan fingerprint density at radius 3 is 2.69 bits per heavy atom. The number of aliphatic carboxylic acids is 1. The second-order valence-electron chi connectivity index (χ2n) is 4.05. The van der Waals surface area contributed by atoms with Crippen LogP contribution in [0.15, 0.2) is 18.2 Å². The summed E-state index contributed by atoms with van der Waals surface area (Å²) in [7, 11) is 0. The highest BCUT2D eigenvalue weighted by atomic mass is 16.4. The topological polar surface area (TPSA) is 57.5 Å². The van der Waals surface area contributed by atoms with Crippen LogP contribution in [-0.4, -0.2) is 16.2 Å². The van der Waals surface area contributed by atoms with E-state index in [1.807, 2.05) is 0 Å². The van der Waals surface area contributed by atoms with Gasteiger partial charge in [-0.25, -0.2) is 0 Å². The van der Waals surface area contributed by atoms with Gasteiger partial charge in [-0.05, 0) is 37.0 Å². The van der Waals surface area contributed by atoms with E-state index >= 15 is 0 Å². The maximum Gasteiger partial charge on any atom is 0.310 e. The number of rotatable bonds is 5. The second kappa shape index (κ2) is 5.54. The molecule has 1 unspecified atom stereocenters. The highest BCUT2D eigenvalue weighted by molar-refractivity contribution is 5.75. The first-order valence-electron chi connectivity index (χ1n) is 5.60. The molecule has 16 heavy (non-hydrogen) atoms. The van der Waals surface area contributed by atoms with Gasteiger partial charge in [-0.1, -0.05) is 25.5 Å². The maximum atomic E-state index is 10.8. The highest BCUT2D eigenvalue weighted by Gasteiger charge is 2.14. The van der Waals surface area contributed by atoms with E-state index in [0.717, 1.165) is 30.4 Å². The third-order valence-corrected chi connectivity index (χ3v) is 2.77. The largest absolute Gasteiger partial charge is 0.508 e. The van der Waals surface area contributed by atoms with E-state index in [2.05, 4.69) is 6.92 Å². The van der Waals surface area contributed by atoms with Gasteiger partial charge in [-0.15, -0.1) is 0 Å². The molecule has 3 heteroatoms. The van der Waals surface area contributed by atoms with E-state index in [1.165, 1.54) is 0 Å². The molecule has 0 aliphatic carbocycles. The molecule has 1 atom stereocenters. The standard InChI is InChI=1S/C13H18O3/c1-3-4-5-11-8-10(6-7-12(11)14)9(2)13(15)16/h6-9,14H,3-5H2,1-2H3,(H,15,16). The summed E-state index contributed by atoms with van der Waals surface area (Å²) in [6.07, 6.45) is 2.85. The molecule has 0 spiro atoms. The smallest absolute Gasteiger partial charge is 0.310 e. The number of phenolic OH excluding ortho intramolecular Hbond substituents is 1. The van der Waals surface area contributed by atoms with Crippen LogP contribution in [0.2, 0.25) is 0 Å². The minimum Gasteiger partial charge on any atom is -0.508 e. The van der Waals surface area contributed by atoms with E-state index in [9.17, 15) is 9.90 Å². The van der Waals surface area contributed by atoms with E-state index in [0.29, 0.717) is 0 Å². The van der Waals surface area contributed by atoms with Gasteiger partial charge in [0.1, 0.15) is 5.75 Å². The zero-order valence-electron chi connectivity index (χ0n) is 9.73. The lowest BCUT2D eigenvalue weighted by molar-refractivity contribution is -0.138. The highest BCUT2D eigenvalue weighted by Crippen LogP contribution is 2.25. The zero-order chi connectivity index (χ0) is 12.1. The fourth-order valence-electron chi connectivity index (χ4n) is 1.58. The summed E-state index contributed by atoms with van der Waals surface area (Å²) in [6, 6.07) is 5.05. The molecular weight excluding hydrogens is 204 g/mol. The van der Waals surface area contributed by atoms with Gasteiger partial charge in [0.2, 0.25) is 0 Å². The molecule has 2 N–H and O–H groups in total. The van der Waals surface area contributed by atoms with Crippen LogP contribution < -0.4 is 0 Å². The molecule has 3 nitrogen and oxygen atoms in total. The maximum absolute atomic E-state index is 10.8. The quantitative estimate of drug-likeness (QED) is 0.805. The summed E-state index contributed by atoms with van der Waals surface area (Å²) < 4.78 is 0. The molecule has 1 aromatic rings. The molecule has 0 bridgehead atoms. The number of hydrogen-bond acceptors (Lipinski definition) is 2. The van der Waals surface area contributed by atoms with Crippen LogP contribution in [0.3, 0.4) is 0 Å². The normalized spacial score (nSPS) is 12.4. The number of phenols is 1. The third kappa shape index (κ3) is 2.99. The SMILES string of the molecule is CCCCc1cc(C(C)C(=O)O)ccc1O. The molecule has 0 heterocycles. The van der Waals surface area contributed by atoms with Gasteiger partial charge in [-0.2, -0.15) is 0 Å². The Morgan fingerprint density at radius 2 is 2.12 bits per heavy atom. The minimum atomic E-state index is -0.841. The number of hydrogen-bond donors (Lipinski definition) is 2. The van der Waals surface area contributed by atoms with Crippen molar-refractivity contribution in [1.82, 2.24) is 0 Å². The Kier molecular flexibility index (Phi) is 4.35. The van der Waals surface area contributed by atoms with Crippen LogP contribution in [0.5, 0.6) is 5.75 Å². The van der Waals surface area contributed by atoms with Crippen molar-refractivity contribution in [3.05, 3.63) is 29.3 Å². The van der Waals surface area contributed by atoms with Crippen LogP contribution >= 0.6 is 0 Å². The first-order valence-corrected chi connectivity index (χ1v) is 5.60. The van der Waals surface area contributed by atoms with Crippen LogP contribution in [0, 0.1) is 0 Å². The van der Waals surface area contributed by atoms with Crippen LogP contribution in [-0.2, 0) is 11.2 Å². The molecule has 0 fully saturated rings. The van der Waals surface area contributed by atoms with Crippen LogP contribution in [0.25, 0.3) is 0 Å². The number of benzene rings is 1. The summed E-state index contributed by atoms with van der Waals surface area (Å²) >= 11 is 0.